The summed E-state index contributed by atoms with van der Waals surface area (Å²) in [5.74, 6) is 0.295. The Labute approximate surface area is 203 Å². The predicted octanol–water partition coefficient (Wildman–Crippen LogP) is 4.16. The summed E-state index contributed by atoms with van der Waals surface area (Å²) in [4.78, 5) is 29.5. The lowest BCUT2D eigenvalue weighted by molar-refractivity contribution is -0.144. The largest absolute Gasteiger partial charge is 0.467 e. The number of hydrogen-bond donors (Lipinski definition) is 1. The third kappa shape index (κ3) is 4.82. The van der Waals surface area contributed by atoms with E-state index in [1.54, 1.807) is 21.9 Å². The van der Waals surface area contributed by atoms with E-state index in [-0.39, 0.29) is 30.9 Å². The van der Waals surface area contributed by atoms with Crippen molar-refractivity contribution >= 4 is 22.8 Å². The first-order valence-electron chi connectivity index (χ1n) is 12.1. The first-order valence-corrected chi connectivity index (χ1v) is 12.1. The normalized spacial score (nSPS) is 14.8. The molecule has 0 saturated heterocycles. The van der Waals surface area contributed by atoms with Crippen LogP contribution in [0.2, 0.25) is 0 Å². The first kappa shape index (κ1) is 22.8. The van der Waals surface area contributed by atoms with Gasteiger partial charge in [0.25, 0.3) is 0 Å². The van der Waals surface area contributed by atoms with Crippen LogP contribution >= 0.6 is 0 Å². The van der Waals surface area contributed by atoms with Gasteiger partial charge < -0.3 is 14.6 Å². The van der Waals surface area contributed by atoms with Gasteiger partial charge in [-0.3, -0.25) is 9.59 Å². The second-order valence-corrected chi connectivity index (χ2v) is 9.03. The number of nitrogens with zero attached hydrogens (tertiary/aromatic N) is 4. The number of aryl methyl sites for hydroxylation is 1. The number of aromatic nitrogens is 3. The zero-order valence-electron chi connectivity index (χ0n) is 19.8. The minimum absolute atomic E-state index is 0.0174. The van der Waals surface area contributed by atoms with E-state index in [1.807, 2.05) is 61.5 Å². The molecule has 2 aromatic carbocycles. The summed E-state index contributed by atoms with van der Waals surface area (Å²) in [6.45, 7) is 2.25. The van der Waals surface area contributed by atoms with Gasteiger partial charge in [0.05, 0.1) is 18.3 Å². The molecule has 5 rings (SSSR count). The lowest BCUT2D eigenvalue weighted by Crippen LogP contribution is -2.49. The average Bonchev–Trinajstić information content (AvgIpc) is 3.64. The molecule has 2 aromatic heterocycles. The number of hydrogen-bond acceptors (Lipinski definition) is 5. The van der Waals surface area contributed by atoms with E-state index >= 15 is 0 Å². The minimum atomic E-state index is -0.753. The van der Waals surface area contributed by atoms with Crippen molar-refractivity contribution in [2.24, 2.45) is 0 Å². The third-order valence-electron chi connectivity index (χ3n) is 6.74. The van der Waals surface area contributed by atoms with E-state index in [0.29, 0.717) is 5.76 Å². The smallest absolute Gasteiger partial charge is 0.247 e. The van der Waals surface area contributed by atoms with Gasteiger partial charge in [-0.15, -0.1) is 5.10 Å². The average molecular weight is 472 g/mol. The molecule has 35 heavy (non-hydrogen) atoms. The van der Waals surface area contributed by atoms with Crippen LogP contribution in [0.25, 0.3) is 11.0 Å². The van der Waals surface area contributed by atoms with Gasteiger partial charge in [-0.05, 0) is 55.2 Å². The highest BCUT2D eigenvalue weighted by Crippen LogP contribution is 2.33. The minimum Gasteiger partial charge on any atom is -0.467 e. The molecule has 0 radical (unpaired) electrons. The van der Waals surface area contributed by atoms with Gasteiger partial charge in [-0.1, -0.05) is 54.5 Å². The van der Waals surface area contributed by atoms with E-state index in [9.17, 15) is 9.59 Å². The van der Waals surface area contributed by atoms with Crippen LogP contribution in [0.4, 0.5) is 0 Å². The van der Waals surface area contributed by atoms with Crippen molar-refractivity contribution in [2.75, 3.05) is 0 Å². The molecule has 180 valence electrons. The maximum atomic E-state index is 13.9. The summed E-state index contributed by atoms with van der Waals surface area (Å²) in [5.41, 5.74) is 3.32. The molecular weight excluding hydrogens is 442 g/mol. The summed E-state index contributed by atoms with van der Waals surface area (Å²) >= 11 is 0. The summed E-state index contributed by atoms with van der Waals surface area (Å²) in [6.07, 6.45) is 5.40. The summed E-state index contributed by atoms with van der Waals surface area (Å²) in [7, 11) is 0. The van der Waals surface area contributed by atoms with Gasteiger partial charge in [-0.25, -0.2) is 4.68 Å². The SMILES string of the molecule is Cc1ccccc1[C@@H](C(=O)NCc1ccco1)N(C(=O)Cn1nnc2ccccc21)C1CCCC1. The molecule has 0 bridgehead atoms. The maximum absolute atomic E-state index is 13.9. The number of carbonyl (C=O) groups excluding carboxylic acids is 2. The Bertz CT molecular complexity index is 1310. The molecule has 1 atom stereocenters. The number of para-hydroxylation sites is 1. The number of carbonyl (C=O) groups is 2. The van der Waals surface area contributed by atoms with Gasteiger partial charge in [0.2, 0.25) is 11.8 Å². The predicted molar refractivity (Wildman–Crippen MR) is 131 cm³/mol. The molecule has 1 saturated carbocycles. The molecule has 2 heterocycles. The lowest BCUT2D eigenvalue weighted by atomic mass is 9.97. The molecule has 8 heteroatoms. The molecule has 4 aromatic rings. The van der Waals surface area contributed by atoms with Crippen LogP contribution in [-0.2, 0) is 22.7 Å². The Morgan fingerprint density at radius 3 is 2.63 bits per heavy atom. The monoisotopic (exact) mass is 471 g/mol. The van der Waals surface area contributed by atoms with Crippen molar-refractivity contribution in [2.45, 2.75) is 57.8 Å². The number of benzene rings is 2. The van der Waals surface area contributed by atoms with Crippen LogP contribution < -0.4 is 5.32 Å². The Hall–Kier alpha value is -3.94. The van der Waals surface area contributed by atoms with E-state index < -0.39 is 6.04 Å². The lowest BCUT2D eigenvalue weighted by Gasteiger charge is -2.36. The zero-order valence-corrected chi connectivity index (χ0v) is 19.8. The molecule has 1 N–H and O–H groups in total. The number of furan rings is 1. The van der Waals surface area contributed by atoms with Crippen LogP contribution in [-0.4, -0.2) is 37.7 Å². The van der Waals surface area contributed by atoms with Crippen LogP contribution in [0.15, 0.2) is 71.3 Å². The Morgan fingerprint density at radius 2 is 1.86 bits per heavy atom. The molecule has 0 aliphatic heterocycles. The molecule has 8 nitrogen and oxygen atoms in total. The molecule has 0 unspecified atom stereocenters. The molecule has 0 spiro atoms. The molecule has 1 aliphatic carbocycles. The van der Waals surface area contributed by atoms with Crippen molar-refractivity contribution in [3.8, 4) is 0 Å². The van der Waals surface area contributed by atoms with Crippen LogP contribution in [0, 0.1) is 6.92 Å². The number of fused-ring (bicyclic) bond motifs is 1. The Balaban J connectivity index is 1.50. The van der Waals surface area contributed by atoms with Gasteiger partial charge in [0, 0.05) is 6.04 Å². The second kappa shape index (κ2) is 10.1. The van der Waals surface area contributed by atoms with Crippen LogP contribution in [0.3, 0.4) is 0 Å². The fourth-order valence-corrected chi connectivity index (χ4v) is 4.98. The van der Waals surface area contributed by atoms with E-state index in [4.69, 9.17) is 4.42 Å². The molecule has 1 aliphatic rings. The molecular formula is C27H29N5O3. The fraction of sp³-hybridized carbons (Fsp3) is 0.333. The third-order valence-corrected chi connectivity index (χ3v) is 6.74. The van der Waals surface area contributed by atoms with E-state index in [0.717, 1.165) is 47.8 Å². The van der Waals surface area contributed by atoms with Crippen molar-refractivity contribution in [1.29, 1.82) is 0 Å². The maximum Gasteiger partial charge on any atom is 0.247 e. The number of nitrogens with one attached hydrogen (secondary N) is 1. The second-order valence-electron chi connectivity index (χ2n) is 9.03. The van der Waals surface area contributed by atoms with E-state index in [2.05, 4.69) is 15.6 Å². The molecule has 2 amide bonds. The Kier molecular flexibility index (Phi) is 6.61. The van der Waals surface area contributed by atoms with Crippen LogP contribution in [0.5, 0.6) is 0 Å². The fourth-order valence-electron chi connectivity index (χ4n) is 4.98. The highest BCUT2D eigenvalue weighted by Gasteiger charge is 2.38. The summed E-state index contributed by atoms with van der Waals surface area (Å²) < 4.78 is 7.02. The van der Waals surface area contributed by atoms with Crippen molar-refractivity contribution in [3.63, 3.8) is 0 Å². The highest BCUT2D eigenvalue weighted by atomic mass is 16.3. The highest BCUT2D eigenvalue weighted by molar-refractivity contribution is 5.89. The standard InChI is InChI=1S/C27H29N5O3/c1-19-9-2-5-13-22(19)26(27(34)28-17-21-12-8-16-35-21)32(20-10-3-4-11-20)25(33)18-31-24-15-7-6-14-23(24)29-30-31/h2,5-9,12-16,20,26H,3-4,10-11,17-18H2,1H3,(H,28,34)/t26-/m0/s1. The van der Waals surface area contributed by atoms with Gasteiger partial charge in [0.15, 0.2) is 0 Å². The van der Waals surface area contributed by atoms with Crippen LogP contribution in [0.1, 0.15) is 48.6 Å². The van der Waals surface area contributed by atoms with Crippen molar-refractivity contribution in [1.82, 2.24) is 25.2 Å². The van der Waals surface area contributed by atoms with Gasteiger partial charge in [0.1, 0.15) is 23.9 Å². The zero-order chi connectivity index (χ0) is 24.2. The van der Waals surface area contributed by atoms with Crippen molar-refractivity contribution in [3.05, 3.63) is 83.8 Å². The van der Waals surface area contributed by atoms with Gasteiger partial charge in [-0.2, -0.15) is 0 Å². The van der Waals surface area contributed by atoms with Gasteiger partial charge >= 0.3 is 0 Å². The number of amides is 2. The van der Waals surface area contributed by atoms with E-state index in [1.165, 1.54) is 0 Å². The molecule has 1 fully saturated rings. The summed E-state index contributed by atoms with van der Waals surface area (Å²) in [5, 5.41) is 11.4. The summed E-state index contributed by atoms with van der Waals surface area (Å²) in [6, 6.07) is 18.2. The first-order chi connectivity index (χ1) is 17.1. The topological polar surface area (TPSA) is 93.3 Å². The Morgan fingerprint density at radius 1 is 1.09 bits per heavy atom. The number of rotatable bonds is 8. The quantitative estimate of drug-likeness (QED) is 0.417. The van der Waals surface area contributed by atoms with Crippen molar-refractivity contribution < 1.29 is 14.0 Å².